The van der Waals surface area contributed by atoms with Crippen molar-refractivity contribution >= 4 is 12.0 Å². The summed E-state index contributed by atoms with van der Waals surface area (Å²) in [6.45, 7) is 0.367. The summed E-state index contributed by atoms with van der Waals surface area (Å²) in [5.74, 6) is -0.873. The van der Waals surface area contributed by atoms with Crippen LogP contribution in [0.5, 0.6) is 0 Å². The lowest BCUT2D eigenvalue weighted by molar-refractivity contribution is -0.139. The maximum atomic E-state index is 11.9. The molecule has 1 aliphatic rings. The number of carbonyl (C=O) groups excluding carboxylic acids is 1. The molecule has 0 saturated heterocycles. The lowest BCUT2D eigenvalue weighted by Gasteiger charge is -2.36. The number of amides is 2. The van der Waals surface area contributed by atoms with Crippen molar-refractivity contribution < 1.29 is 19.1 Å². The minimum Gasteiger partial charge on any atom is -0.481 e. The first-order valence-electron chi connectivity index (χ1n) is 6.89. The van der Waals surface area contributed by atoms with Crippen molar-refractivity contribution in [1.82, 2.24) is 10.6 Å². The van der Waals surface area contributed by atoms with E-state index in [2.05, 4.69) is 10.6 Å². The number of aliphatic carboxylic acids is 1. The second kappa shape index (κ2) is 6.45. The van der Waals surface area contributed by atoms with Gasteiger partial charge in [-0.05, 0) is 18.9 Å². The largest absolute Gasteiger partial charge is 0.481 e. The van der Waals surface area contributed by atoms with Crippen LogP contribution in [0.4, 0.5) is 4.79 Å². The molecule has 0 unspecified atom stereocenters. The van der Waals surface area contributed by atoms with Gasteiger partial charge in [-0.3, -0.25) is 4.79 Å². The van der Waals surface area contributed by atoms with Crippen molar-refractivity contribution in [2.24, 2.45) is 0 Å². The van der Waals surface area contributed by atoms with Crippen molar-refractivity contribution in [3.05, 3.63) is 24.2 Å². The van der Waals surface area contributed by atoms with E-state index in [1.165, 1.54) is 0 Å². The van der Waals surface area contributed by atoms with Crippen molar-refractivity contribution in [2.45, 2.75) is 50.6 Å². The van der Waals surface area contributed by atoms with Crippen LogP contribution in [-0.4, -0.2) is 22.6 Å². The monoisotopic (exact) mass is 280 g/mol. The summed E-state index contributed by atoms with van der Waals surface area (Å²) < 4.78 is 4.92. The van der Waals surface area contributed by atoms with Crippen LogP contribution in [0.1, 0.15) is 44.1 Å². The van der Waals surface area contributed by atoms with Crippen LogP contribution < -0.4 is 10.6 Å². The third kappa shape index (κ3) is 4.01. The molecule has 1 fully saturated rings. The number of rotatable bonds is 5. The van der Waals surface area contributed by atoms with Gasteiger partial charge < -0.3 is 20.2 Å². The zero-order chi connectivity index (χ0) is 14.4. The predicted octanol–water partition coefficient (Wildman–Crippen LogP) is 2.26. The smallest absolute Gasteiger partial charge is 0.315 e. The Labute approximate surface area is 117 Å². The lowest BCUT2D eigenvalue weighted by Crippen LogP contribution is -2.54. The van der Waals surface area contributed by atoms with E-state index in [-0.39, 0.29) is 12.5 Å². The summed E-state index contributed by atoms with van der Waals surface area (Å²) in [6, 6.07) is 1.45. The minimum atomic E-state index is -0.873. The molecule has 0 atom stereocenters. The van der Waals surface area contributed by atoms with Crippen molar-refractivity contribution in [3.63, 3.8) is 0 Å². The molecule has 0 radical (unpaired) electrons. The van der Waals surface area contributed by atoms with Gasteiger partial charge in [0.25, 0.3) is 0 Å². The Bertz CT molecular complexity index is 450. The molecular weight excluding hydrogens is 260 g/mol. The van der Waals surface area contributed by atoms with Crippen molar-refractivity contribution in [2.75, 3.05) is 0 Å². The molecule has 2 rings (SSSR count). The summed E-state index contributed by atoms with van der Waals surface area (Å²) in [5.41, 5.74) is 0.265. The first-order chi connectivity index (χ1) is 9.60. The average Bonchev–Trinajstić information content (AvgIpc) is 2.89. The molecule has 0 bridgehead atoms. The van der Waals surface area contributed by atoms with Gasteiger partial charge in [0, 0.05) is 12.1 Å². The first-order valence-corrected chi connectivity index (χ1v) is 6.89. The van der Waals surface area contributed by atoms with Crippen LogP contribution in [0.3, 0.4) is 0 Å². The molecule has 20 heavy (non-hydrogen) atoms. The number of hydrogen-bond acceptors (Lipinski definition) is 3. The highest BCUT2D eigenvalue weighted by atomic mass is 16.4. The Morgan fingerprint density at radius 3 is 2.65 bits per heavy atom. The second-order valence-electron chi connectivity index (χ2n) is 5.35. The number of furan rings is 1. The van der Waals surface area contributed by atoms with Gasteiger partial charge in [-0.25, -0.2) is 4.79 Å². The van der Waals surface area contributed by atoms with E-state index in [9.17, 15) is 9.59 Å². The molecule has 0 aliphatic heterocycles. The highest BCUT2D eigenvalue weighted by Crippen LogP contribution is 2.31. The predicted molar refractivity (Wildman–Crippen MR) is 72.1 cm³/mol. The summed E-state index contributed by atoms with van der Waals surface area (Å²) in [6.07, 6.45) is 7.53. The quantitative estimate of drug-likeness (QED) is 0.771. The van der Waals surface area contributed by atoms with Gasteiger partial charge in [0.1, 0.15) is 0 Å². The summed E-state index contributed by atoms with van der Waals surface area (Å²) in [5, 5.41) is 14.6. The molecule has 1 saturated carbocycles. The third-order valence-electron chi connectivity index (χ3n) is 3.71. The lowest BCUT2D eigenvalue weighted by atomic mass is 9.79. The maximum absolute atomic E-state index is 11.9. The SMILES string of the molecule is O=C(O)CC1(NC(=O)NCc2ccoc2)CCCCC1. The topological polar surface area (TPSA) is 91.6 Å². The van der Waals surface area contributed by atoms with Crippen LogP contribution >= 0.6 is 0 Å². The van der Waals surface area contributed by atoms with E-state index < -0.39 is 11.5 Å². The molecule has 6 heteroatoms. The summed E-state index contributed by atoms with van der Waals surface area (Å²) in [4.78, 5) is 23.0. The fourth-order valence-corrected chi connectivity index (χ4v) is 2.72. The Kier molecular flexibility index (Phi) is 4.65. The molecular formula is C14H20N2O4. The third-order valence-corrected chi connectivity index (χ3v) is 3.71. The van der Waals surface area contributed by atoms with Gasteiger partial charge in [-0.1, -0.05) is 19.3 Å². The second-order valence-corrected chi connectivity index (χ2v) is 5.35. The van der Waals surface area contributed by atoms with E-state index in [1.54, 1.807) is 18.6 Å². The normalized spacial score (nSPS) is 17.4. The number of hydrogen-bond donors (Lipinski definition) is 3. The Hall–Kier alpha value is -1.98. The van der Waals surface area contributed by atoms with Crippen LogP contribution in [0.2, 0.25) is 0 Å². The van der Waals surface area contributed by atoms with E-state index in [0.717, 1.165) is 37.7 Å². The minimum absolute atomic E-state index is 0.0217. The molecule has 110 valence electrons. The zero-order valence-electron chi connectivity index (χ0n) is 11.4. The van der Waals surface area contributed by atoms with Crippen molar-refractivity contribution in [1.29, 1.82) is 0 Å². The van der Waals surface area contributed by atoms with Crippen LogP contribution in [-0.2, 0) is 11.3 Å². The molecule has 1 aromatic heterocycles. The van der Waals surface area contributed by atoms with Gasteiger partial charge in [-0.15, -0.1) is 0 Å². The zero-order valence-corrected chi connectivity index (χ0v) is 11.4. The number of urea groups is 1. The highest BCUT2D eigenvalue weighted by Gasteiger charge is 2.35. The molecule has 6 nitrogen and oxygen atoms in total. The number of carbonyl (C=O) groups is 2. The molecule has 1 aliphatic carbocycles. The van der Waals surface area contributed by atoms with E-state index in [1.807, 2.05) is 0 Å². The molecule has 0 aromatic carbocycles. The highest BCUT2D eigenvalue weighted by molar-refractivity contribution is 5.76. The van der Waals surface area contributed by atoms with Crippen LogP contribution in [0.25, 0.3) is 0 Å². The molecule has 1 aromatic rings. The fraction of sp³-hybridized carbons (Fsp3) is 0.571. The molecule has 3 N–H and O–H groups in total. The van der Waals surface area contributed by atoms with Gasteiger partial charge in [0.15, 0.2) is 0 Å². The fourth-order valence-electron chi connectivity index (χ4n) is 2.72. The van der Waals surface area contributed by atoms with Crippen molar-refractivity contribution in [3.8, 4) is 0 Å². The van der Waals surface area contributed by atoms with Crippen LogP contribution in [0, 0.1) is 0 Å². The molecule has 0 spiro atoms. The Morgan fingerprint density at radius 2 is 2.05 bits per heavy atom. The van der Waals surface area contributed by atoms with Gasteiger partial charge in [0.05, 0.1) is 24.5 Å². The van der Waals surface area contributed by atoms with E-state index in [0.29, 0.717) is 6.54 Å². The maximum Gasteiger partial charge on any atom is 0.315 e. The molecule has 2 amide bonds. The Morgan fingerprint density at radius 1 is 1.30 bits per heavy atom. The average molecular weight is 280 g/mol. The summed E-state index contributed by atoms with van der Waals surface area (Å²) in [7, 11) is 0. The number of nitrogens with one attached hydrogen (secondary N) is 2. The first kappa shape index (κ1) is 14.4. The standard InChI is InChI=1S/C14H20N2O4/c17-12(18)8-14(5-2-1-3-6-14)16-13(19)15-9-11-4-7-20-10-11/h4,7,10H,1-3,5-6,8-9H2,(H,17,18)(H2,15,16,19). The number of carboxylic acids is 1. The number of carboxylic acid groups (broad SMARTS) is 1. The Balaban J connectivity index is 1.89. The molecule has 1 heterocycles. The van der Waals surface area contributed by atoms with Crippen LogP contribution in [0.15, 0.2) is 23.0 Å². The van der Waals surface area contributed by atoms with Gasteiger partial charge in [0.2, 0.25) is 0 Å². The van der Waals surface area contributed by atoms with E-state index in [4.69, 9.17) is 9.52 Å². The van der Waals surface area contributed by atoms with Gasteiger partial charge >= 0.3 is 12.0 Å². The summed E-state index contributed by atoms with van der Waals surface area (Å²) >= 11 is 0. The van der Waals surface area contributed by atoms with E-state index >= 15 is 0 Å². The van der Waals surface area contributed by atoms with Gasteiger partial charge in [-0.2, -0.15) is 0 Å².